The van der Waals surface area contributed by atoms with Crippen LogP contribution >= 0.6 is 0 Å². The number of carbonyl (C=O) groups is 2. The lowest BCUT2D eigenvalue weighted by Gasteiger charge is -2.64. The molecule has 1 amide bonds. The van der Waals surface area contributed by atoms with Crippen molar-refractivity contribution in [1.29, 1.82) is 0 Å². The van der Waals surface area contributed by atoms with Crippen molar-refractivity contribution >= 4 is 12.4 Å². The molecule has 2 atom stereocenters. The molecule has 112 valence electrons. The molecule has 4 heteroatoms. The summed E-state index contributed by atoms with van der Waals surface area (Å²) < 4.78 is 0. The van der Waals surface area contributed by atoms with Crippen LogP contribution in [0.15, 0.2) is 0 Å². The zero-order valence-electron chi connectivity index (χ0n) is 12.7. The molecule has 4 aliphatic rings. The van der Waals surface area contributed by atoms with Gasteiger partial charge in [0.1, 0.15) is 6.29 Å². The highest BCUT2D eigenvalue weighted by molar-refractivity contribution is 5.68. The van der Waals surface area contributed by atoms with Gasteiger partial charge in [-0.3, -0.25) is 4.90 Å². The van der Waals surface area contributed by atoms with Gasteiger partial charge in [0.2, 0.25) is 0 Å². The lowest BCUT2D eigenvalue weighted by molar-refractivity contribution is -0.154. The van der Waals surface area contributed by atoms with E-state index < -0.39 is 11.6 Å². The predicted octanol–water partition coefficient (Wildman–Crippen LogP) is 3.30. The van der Waals surface area contributed by atoms with Gasteiger partial charge in [0.25, 0.3) is 0 Å². The second-order valence-electron chi connectivity index (χ2n) is 8.45. The Labute approximate surface area is 120 Å². The van der Waals surface area contributed by atoms with Crippen molar-refractivity contribution in [3.05, 3.63) is 0 Å². The van der Waals surface area contributed by atoms with E-state index in [1.54, 1.807) is 4.90 Å². The zero-order chi connectivity index (χ0) is 14.8. The largest absolute Gasteiger partial charge is 0.465 e. The van der Waals surface area contributed by atoms with E-state index in [2.05, 4.69) is 0 Å². The SMILES string of the molecule is CC(C)(C)N(C(=O)O)C12CC3CC(CC(C=O)(C3)C1)C2. The Morgan fingerprint density at radius 1 is 1.20 bits per heavy atom. The molecular weight excluding hydrogens is 254 g/mol. The summed E-state index contributed by atoms with van der Waals surface area (Å²) in [6, 6.07) is 0. The van der Waals surface area contributed by atoms with Crippen LogP contribution in [0, 0.1) is 17.3 Å². The minimum Gasteiger partial charge on any atom is -0.465 e. The van der Waals surface area contributed by atoms with Gasteiger partial charge in [0.15, 0.2) is 0 Å². The molecule has 0 aromatic heterocycles. The van der Waals surface area contributed by atoms with E-state index in [9.17, 15) is 14.7 Å². The first-order valence-electron chi connectivity index (χ1n) is 7.69. The standard InChI is InChI=1S/C16H25NO3/c1-14(2,3)17(13(19)20)16-7-11-4-12(8-16)6-15(5-11,9-16)10-18/h10-12H,4-9H2,1-3H3,(H,19,20). The number of aldehydes is 1. The molecular formula is C16H25NO3. The first-order chi connectivity index (χ1) is 9.20. The maximum Gasteiger partial charge on any atom is 0.408 e. The summed E-state index contributed by atoms with van der Waals surface area (Å²) in [4.78, 5) is 25.2. The summed E-state index contributed by atoms with van der Waals surface area (Å²) in [5.41, 5.74) is -0.973. The fraction of sp³-hybridized carbons (Fsp3) is 0.875. The summed E-state index contributed by atoms with van der Waals surface area (Å²) in [5, 5.41) is 9.76. The Kier molecular flexibility index (Phi) is 2.77. The predicted molar refractivity (Wildman–Crippen MR) is 75.5 cm³/mol. The van der Waals surface area contributed by atoms with Gasteiger partial charge >= 0.3 is 6.09 Å². The number of hydrogen-bond donors (Lipinski definition) is 1. The highest BCUT2D eigenvalue weighted by atomic mass is 16.4. The van der Waals surface area contributed by atoms with E-state index in [1.165, 1.54) is 6.42 Å². The monoisotopic (exact) mass is 279 g/mol. The smallest absolute Gasteiger partial charge is 0.408 e. The third-order valence-corrected chi connectivity index (χ3v) is 5.66. The van der Waals surface area contributed by atoms with E-state index in [4.69, 9.17) is 0 Å². The highest BCUT2D eigenvalue weighted by Crippen LogP contribution is 2.63. The van der Waals surface area contributed by atoms with Gasteiger partial charge in [0, 0.05) is 16.5 Å². The van der Waals surface area contributed by atoms with Crippen LogP contribution in [0.3, 0.4) is 0 Å². The fourth-order valence-electron chi connectivity index (χ4n) is 5.89. The van der Waals surface area contributed by atoms with Crippen molar-refractivity contribution in [2.45, 2.75) is 70.4 Å². The van der Waals surface area contributed by atoms with Crippen molar-refractivity contribution in [2.24, 2.45) is 17.3 Å². The molecule has 0 saturated heterocycles. The quantitative estimate of drug-likeness (QED) is 0.789. The van der Waals surface area contributed by atoms with Crippen LogP contribution < -0.4 is 0 Å². The van der Waals surface area contributed by atoms with Crippen molar-refractivity contribution in [1.82, 2.24) is 4.90 Å². The summed E-state index contributed by atoms with van der Waals surface area (Å²) >= 11 is 0. The molecule has 0 radical (unpaired) electrons. The summed E-state index contributed by atoms with van der Waals surface area (Å²) in [5.74, 6) is 1.07. The third-order valence-electron chi connectivity index (χ3n) is 5.66. The molecule has 20 heavy (non-hydrogen) atoms. The van der Waals surface area contributed by atoms with Crippen LogP contribution in [0.1, 0.15) is 59.3 Å². The van der Waals surface area contributed by atoms with Crippen molar-refractivity contribution < 1.29 is 14.7 Å². The number of amides is 1. The first kappa shape index (κ1) is 13.9. The van der Waals surface area contributed by atoms with E-state index in [1.807, 2.05) is 20.8 Å². The molecule has 4 nitrogen and oxygen atoms in total. The summed E-state index contributed by atoms with van der Waals surface area (Å²) in [7, 11) is 0. The fourth-order valence-corrected chi connectivity index (χ4v) is 5.89. The molecule has 4 aliphatic carbocycles. The van der Waals surface area contributed by atoms with Gasteiger partial charge in [-0.2, -0.15) is 0 Å². The topological polar surface area (TPSA) is 57.6 Å². The number of nitrogens with zero attached hydrogens (tertiary/aromatic N) is 1. The Hall–Kier alpha value is -1.06. The molecule has 0 heterocycles. The Morgan fingerprint density at radius 3 is 2.15 bits per heavy atom. The second-order valence-corrected chi connectivity index (χ2v) is 8.45. The van der Waals surface area contributed by atoms with E-state index >= 15 is 0 Å². The summed E-state index contributed by atoms with van der Waals surface area (Å²) in [6.45, 7) is 5.90. The van der Waals surface area contributed by atoms with E-state index in [0.29, 0.717) is 11.8 Å². The van der Waals surface area contributed by atoms with Gasteiger partial charge in [-0.25, -0.2) is 4.79 Å². The Bertz CT molecular complexity index is 437. The molecule has 0 aromatic rings. The van der Waals surface area contributed by atoms with Gasteiger partial charge in [-0.1, -0.05) is 0 Å². The number of hydrogen-bond acceptors (Lipinski definition) is 2. The Morgan fingerprint density at radius 2 is 1.75 bits per heavy atom. The average Bonchev–Trinajstić information content (AvgIpc) is 2.23. The highest BCUT2D eigenvalue weighted by Gasteiger charge is 2.62. The van der Waals surface area contributed by atoms with E-state index in [0.717, 1.165) is 38.4 Å². The van der Waals surface area contributed by atoms with Crippen LogP contribution in [0.2, 0.25) is 0 Å². The normalized spacial score (nSPS) is 42.5. The van der Waals surface area contributed by atoms with Crippen LogP contribution in [0.4, 0.5) is 4.79 Å². The van der Waals surface area contributed by atoms with E-state index in [-0.39, 0.29) is 11.0 Å². The maximum atomic E-state index is 11.9. The third kappa shape index (κ3) is 1.87. The van der Waals surface area contributed by atoms with Crippen molar-refractivity contribution in [3.8, 4) is 0 Å². The zero-order valence-corrected chi connectivity index (χ0v) is 12.7. The molecule has 4 rings (SSSR count). The molecule has 0 aliphatic heterocycles. The maximum absolute atomic E-state index is 11.9. The lowest BCUT2D eigenvalue weighted by atomic mass is 9.46. The lowest BCUT2D eigenvalue weighted by Crippen LogP contribution is -2.68. The van der Waals surface area contributed by atoms with Crippen LogP contribution in [-0.2, 0) is 4.79 Å². The average molecular weight is 279 g/mol. The van der Waals surface area contributed by atoms with Crippen LogP contribution in [-0.4, -0.2) is 33.5 Å². The minimum atomic E-state index is -0.833. The van der Waals surface area contributed by atoms with Crippen LogP contribution in [0.5, 0.6) is 0 Å². The molecule has 4 saturated carbocycles. The number of rotatable bonds is 2. The molecule has 2 unspecified atom stereocenters. The van der Waals surface area contributed by atoms with Crippen molar-refractivity contribution in [3.63, 3.8) is 0 Å². The van der Waals surface area contributed by atoms with Gasteiger partial charge in [-0.15, -0.1) is 0 Å². The number of carboxylic acid groups (broad SMARTS) is 1. The number of carbonyl (C=O) groups excluding carboxylic acids is 1. The van der Waals surface area contributed by atoms with Crippen LogP contribution in [0.25, 0.3) is 0 Å². The second kappa shape index (κ2) is 3.99. The van der Waals surface area contributed by atoms with Gasteiger partial charge in [0.05, 0.1) is 0 Å². The minimum absolute atomic E-state index is 0.247. The molecule has 4 fully saturated rings. The first-order valence-corrected chi connectivity index (χ1v) is 7.69. The van der Waals surface area contributed by atoms with Gasteiger partial charge < -0.3 is 9.90 Å². The van der Waals surface area contributed by atoms with Gasteiger partial charge in [-0.05, 0) is 71.1 Å². The molecule has 4 bridgehead atoms. The summed E-state index contributed by atoms with van der Waals surface area (Å²) in [6.07, 6.45) is 6.08. The van der Waals surface area contributed by atoms with Crippen molar-refractivity contribution in [2.75, 3.05) is 0 Å². The molecule has 0 spiro atoms. The Balaban J connectivity index is 2.03. The molecule has 1 N–H and O–H groups in total. The molecule has 0 aromatic carbocycles.